The lowest BCUT2D eigenvalue weighted by atomic mass is 10.1. The molecule has 1 aliphatic rings. The van der Waals surface area contributed by atoms with E-state index in [0.717, 1.165) is 12.3 Å². The zero-order valence-corrected chi connectivity index (χ0v) is 15.8. The third-order valence-corrected chi connectivity index (χ3v) is 6.00. The van der Waals surface area contributed by atoms with Crippen LogP contribution in [0, 0.1) is 13.8 Å². The van der Waals surface area contributed by atoms with Gasteiger partial charge in [-0.3, -0.25) is 0 Å². The topological polar surface area (TPSA) is 32.3 Å². The lowest BCUT2D eigenvalue weighted by Crippen LogP contribution is -2.34. The minimum absolute atomic E-state index is 0.0355. The van der Waals surface area contributed by atoms with E-state index >= 15 is 0 Å². The molecule has 0 spiro atoms. The van der Waals surface area contributed by atoms with Gasteiger partial charge in [0.25, 0.3) is 0 Å². The number of hydrogen-bond donors (Lipinski definition) is 1. The molecule has 2 aromatic carbocycles. The lowest BCUT2D eigenvalue weighted by molar-refractivity contribution is 0.214. The molecule has 0 aromatic heterocycles. The maximum Gasteiger partial charge on any atom is 0.323 e. The standard InChI is InChI=1S/C18H18Cl2N2OS/c1-11-3-5-14(12(2)9-11)17-22(7-8-24-17)18(23)21-13-4-6-15(19)16(20)10-13/h3-6,9-10,17H,7-8H2,1-2H3,(H,21,23). The molecule has 3 rings (SSSR count). The van der Waals surface area contributed by atoms with E-state index in [1.807, 2.05) is 4.90 Å². The number of nitrogens with one attached hydrogen (secondary N) is 1. The van der Waals surface area contributed by atoms with Crippen LogP contribution in [0.15, 0.2) is 36.4 Å². The number of aryl methyl sites for hydroxylation is 2. The first-order valence-electron chi connectivity index (χ1n) is 7.67. The highest BCUT2D eigenvalue weighted by atomic mass is 35.5. The molecule has 6 heteroatoms. The summed E-state index contributed by atoms with van der Waals surface area (Å²) in [6.45, 7) is 4.89. The van der Waals surface area contributed by atoms with E-state index in [4.69, 9.17) is 23.2 Å². The molecule has 1 unspecified atom stereocenters. The van der Waals surface area contributed by atoms with E-state index in [1.54, 1.807) is 30.0 Å². The second-order valence-electron chi connectivity index (χ2n) is 5.84. The second kappa shape index (κ2) is 7.26. The van der Waals surface area contributed by atoms with Crippen LogP contribution >= 0.6 is 35.0 Å². The molecule has 0 radical (unpaired) electrons. The minimum Gasteiger partial charge on any atom is -0.308 e. The molecule has 2 aromatic rings. The van der Waals surface area contributed by atoms with Gasteiger partial charge in [-0.1, -0.05) is 47.0 Å². The van der Waals surface area contributed by atoms with Crippen molar-refractivity contribution in [3.05, 3.63) is 63.1 Å². The predicted molar refractivity (Wildman–Crippen MR) is 103 cm³/mol. The molecule has 1 saturated heterocycles. The zero-order chi connectivity index (χ0) is 17.3. The highest BCUT2D eigenvalue weighted by Gasteiger charge is 2.31. The minimum atomic E-state index is -0.122. The SMILES string of the molecule is Cc1ccc(C2SCCN2C(=O)Nc2ccc(Cl)c(Cl)c2)c(C)c1. The molecule has 0 saturated carbocycles. The monoisotopic (exact) mass is 380 g/mol. The Labute approximate surface area is 156 Å². The Morgan fingerprint density at radius 3 is 2.67 bits per heavy atom. The van der Waals surface area contributed by atoms with Gasteiger partial charge in [-0.15, -0.1) is 11.8 Å². The fourth-order valence-electron chi connectivity index (χ4n) is 2.81. The summed E-state index contributed by atoms with van der Waals surface area (Å²) in [4.78, 5) is 14.6. The summed E-state index contributed by atoms with van der Waals surface area (Å²) >= 11 is 13.7. The van der Waals surface area contributed by atoms with Crippen LogP contribution in [0.5, 0.6) is 0 Å². The number of urea groups is 1. The van der Waals surface area contributed by atoms with E-state index in [0.29, 0.717) is 15.7 Å². The molecule has 0 bridgehead atoms. The van der Waals surface area contributed by atoms with E-state index in [9.17, 15) is 4.79 Å². The number of hydrogen-bond acceptors (Lipinski definition) is 2. The van der Waals surface area contributed by atoms with Crippen LogP contribution < -0.4 is 5.32 Å². The highest BCUT2D eigenvalue weighted by Crippen LogP contribution is 2.39. The summed E-state index contributed by atoms with van der Waals surface area (Å²) < 4.78 is 0. The van der Waals surface area contributed by atoms with Crippen molar-refractivity contribution in [3.8, 4) is 0 Å². The first kappa shape index (κ1) is 17.5. The van der Waals surface area contributed by atoms with Gasteiger partial charge in [0.15, 0.2) is 0 Å². The summed E-state index contributed by atoms with van der Waals surface area (Å²) in [6.07, 6.45) is 0. The Morgan fingerprint density at radius 1 is 1.17 bits per heavy atom. The average Bonchev–Trinajstić information content (AvgIpc) is 3.00. The Hall–Kier alpha value is -1.36. The number of carbonyl (C=O) groups is 1. The number of halogens is 2. The normalized spacial score (nSPS) is 17.2. The first-order valence-corrected chi connectivity index (χ1v) is 9.47. The van der Waals surface area contributed by atoms with Gasteiger partial charge in [-0.05, 0) is 43.2 Å². The number of rotatable bonds is 2. The van der Waals surface area contributed by atoms with Gasteiger partial charge in [0.05, 0.1) is 10.0 Å². The van der Waals surface area contributed by atoms with Crippen LogP contribution in [0.1, 0.15) is 22.1 Å². The molecule has 3 nitrogen and oxygen atoms in total. The molecule has 1 N–H and O–H groups in total. The molecule has 2 amide bonds. The first-order chi connectivity index (χ1) is 11.5. The molecular weight excluding hydrogens is 363 g/mol. The van der Waals surface area contributed by atoms with Crippen molar-refractivity contribution in [2.75, 3.05) is 17.6 Å². The summed E-state index contributed by atoms with van der Waals surface area (Å²) in [6, 6.07) is 11.3. The summed E-state index contributed by atoms with van der Waals surface area (Å²) in [7, 11) is 0. The molecule has 24 heavy (non-hydrogen) atoms. The van der Waals surface area contributed by atoms with Crippen molar-refractivity contribution in [2.24, 2.45) is 0 Å². The average molecular weight is 381 g/mol. The van der Waals surface area contributed by atoms with Gasteiger partial charge < -0.3 is 10.2 Å². The van der Waals surface area contributed by atoms with Crippen molar-refractivity contribution in [1.29, 1.82) is 0 Å². The van der Waals surface area contributed by atoms with Crippen LogP contribution in [-0.4, -0.2) is 23.2 Å². The fraction of sp³-hybridized carbons (Fsp3) is 0.278. The van der Waals surface area contributed by atoms with E-state index < -0.39 is 0 Å². The summed E-state index contributed by atoms with van der Waals surface area (Å²) in [5, 5.41) is 3.85. The van der Waals surface area contributed by atoms with Crippen molar-refractivity contribution in [1.82, 2.24) is 4.90 Å². The van der Waals surface area contributed by atoms with Crippen molar-refractivity contribution in [3.63, 3.8) is 0 Å². The van der Waals surface area contributed by atoms with Crippen molar-refractivity contribution >= 4 is 46.7 Å². The van der Waals surface area contributed by atoms with Gasteiger partial charge in [-0.2, -0.15) is 0 Å². The zero-order valence-electron chi connectivity index (χ0n) is 13.5. The maximum absolute atomic E-state index is 12.7. The van der Waals surface area contributed by atoms with Crippen LogP contribution in [0.3, 0.4) is 0 Å². The maximum atomic E-state index is 12.7. The Balaban J connectivity index is 1.79. The van der Waals surface area contributed by atoms with Gasteiger partial charge >= 0.3 is 6.03 Å². The number of carbonyl (C=O) groups excluding carboxylic acids is 1. The quantitative estimate of drug-likeness (QED) is 0.704. The number of benzene rings is 2. The highest BCUT2D eigenvalue weighted by molar-refractivity contribution is 7.99. The molecule has 0 aliphatic carbocycles. The number of nitrogens with zero attached hydrogens (tertiary/aromatic N) is 1. The van der Waals surface area contributed by atoms with E-state index in [1.165, 1.54) is 16.7 Å². The summed E-state index contributed by atoms with van der Waals surface area (Å²) in [5.41, 5.74) is 4.27. The lowest BCUT2D eigenvalue weighted by Gasteiger charge is -2.26. The Morgan fingerprint density at radius 2 is 1.96 bits per heavy atom. The van der Waals surface area contributed by atoms with Gasteiger partial charge in [0.2, 0.25) is 0 Å². The Bertz CT molecular complexity index is 782. The molecule has 1 fully saturated rings. The molecule has 1 atom stereocenters. The molecule has 1 heterocycles. The Kier molecular flexibility index (Phi) is 5.28. The predicted octanol–water partition coefficient (Wildman–Crippen LogP) is 5.89. The third-order valence-electron chi connectivity index (χ3n) is 4.01. The van der Waals surface area contributed by atoms with Crippen molar-refractivity contribution in [2.45, 2.75) is 19.2 Å². The van der Waals surface area contributed by atoms with Gasteiger partial charge in [-0.25, -0.2) is 4.79 Å². The van der Waals surface area contributed by atoms with Gasteiger partial charge in [0, 0.05) is 18.0 Å². The number of anilines is 1. The molecular formula is C18H18Cl2N2OS. The van der Waals surface area contributed by atoms with E-state index in [2.05, 4.69) is 37.4 Å². The molecule has 1 aliphatic heterocycles. The number of thioether (sulfide) groups is 1. The largest absolute Gasteiger partial charge is 0.323 e. The summed E-state index contributed by atoms with van der Waals surface area (Å²) in [5.74, 6) is 0.923. The number of amides is 2. The van der Waals surface area contributed by atoms with Crippen LogP contribution in [-0.2, 0) is 0 Å². The fourth-order valence-corrected chi connectivity index (χ4v) is 4.46. The van der Waals surface area contributed by atoms with Gasteiger partial charge in [0.1, 0.15) is 5.37 Å². The third kappa shape index (κ3) is 3.66. The van der Waals surface area contributed by atoms with Crippen LogP contribution in [0.25, 0.3) is 0 Å². The smallest absolute Gasteiger partial charge is 0.308 e. The van der Waals surface area contributed by atoms with E-state index in [-0.39, 0.29) is 11.4 Å². The molecule has 126 valence electrons. The second-order valence-corrected chi connectivity index (χ2v) is 7.84. The van der Waals surface area contributed by atoms with Crippen LogP contribution in [0.4, 0.5) is 10.5 Å². The van der Waals surface area contributed by atoms with Crippen molar-refractivity contribution < 1.29 is 4.79 Å². The van der Waals surface area contributed by atoms with Crippen LogP contribution in [0.2, 0.25) is 10.0 Å².